The van der Waals surface area contributed by atoms with Gasteiger partial charge < -0.3 is 4.90 Å². The molecule has 0 N–H and O–H groups in total. The van der Waals surface area contributed by atoms with Gasteiger partial charge in [0.1, 0.15) is 0 Å². The van der Waals surface area contributed by atoms with Gasteiger partial charge in [0.25, 0.3) is 0 Å². The largest absolute Gasteiger partial charge is 0.341 e. The third-order valence-corrected chi connectivity index (χ3v) is 6.65. The van der Waals surface area contributed by atoms with E-state index in [4.69, 9.17) is 11.6 Å². The molecule has 2 atom stereocenters. The van der Waals surface area contributed by atoms with E-state index in [2.05, 4.69) is 0 Å². The van der Waals surface area contributed by atoms with Crippen LogP contribution in [0, 0.1) is 0 Å². The van der Waals surface area contributed by atoms with E-state index in [0.29, 0.717) is 11.4 Å². The minimum absolute atomic E-state index is 0.00615. The molecule has 0 aliphatic carbocycles. The Morgan fingerprint density at radius 3 is 2.57 bits per heavy atom. The van der Waals surface area contributed by atoms with Crippen LogP contribution in [0.4, 0.5) is 0 Å². The first-order valence-electron chi connectivity index (χ1n) is 7.62. The van der Waals surface area contributed by atoms with Gasteiger partial charge in [-0.15, -0.1) is 0 Å². The molecule has 23 heavy (non-hydrogen) atoms. The number of carbonyl (C=O) groups is 1. The predicted octanol–water partition coefficient (Wildman–Crippen LogP) is 1.98. The van der Waals surface area contributed by atoms with Crippen molar-refractivity contribution in [2.75, 3.05) is 32.1 Å². The maximum Gasteiger partial charge on any atom is 0.236 e. The number of carbonyl (C=O) groups excluding carboxylic acids is 1. The minimum atomic E-state index is -2.99. The Kier molecular flexibility index (Phi) is 5.70. The van der Waals surface area contributed by atoms with Crippen molar-refractivity contribution in [3.8, 4) is 0 Å². The van der Waals surface area contributed by atoms with Crippen molar-refractivity contribution in [3.05, 3.63) is 34.9 Å². The first kappa shape index (κ1) is 18.2. The number of benzene rings is 1. The van der Waals surface area contributed by atoms with Gasteiger partial charge in [0, 0.05) is 24.2 Å². The average Bonchev–Trinajstić information content (AvgIpc) is 2.86. The van der Waals surface area contributed by atoms with Gasteiger partial charge in [-0.05, 0) is 32.0 Å². The second-order valence-corrected chi connectivity index (χ2v) is 8.81. The molecule has 0 bridgehead atoms. The number of nitrogens with zero attached hydrogens (tertiary/aromatic N) is 2. The first-order chi connectivity index (χ1) is 10.7. The van der Waals surface area contributed by atoms with Gasteiger partial charge in [-0.1, -0.05) is 29.8 Å². The Morgan fingerprint density at radius 1 is 1.35 bits per heavy atom. The summed E-state index contributed by atoms with van der Waals surface area (Å²) in [5.41, 5.74) is 0.968. The second kappa shape index (κ2) is 7.20. The maximum absolute atomic E-state index is 12.4. The van der Waals surface area contributed by atoms with Crippen LogP contribution >= 0.6 is 11.6 Å². The van der Waals surface area contributed by atoms with Gasteiger partial charge >= 0.3 is 0 Å². The van der Waals surface area contributed by atoms with Crippen LogP contribution in [0.5, 0.6) is 0 Å². The summed E-state index contributed by atoms with van der Waals surface area (Å²) < 4.78 is 23.1. The molecular formula is C16H23ClN2O3S. The summed E-state index contributed by atoms with van der Waals surface area (Å²) in [7, 11) is 0.556. The van der Waals surface area contributed by atoms with Crippen molar-refractivity contribution in [2.45, 2.75) is 25.4 Å². The van der Waals surface area contributed by atoms with Crippen LogP contribution in [-0.2, 0) is 14.6 Å². The van der Waals surface area contributed by atoms with Crippen molar-refractivity contribution < 1.29 is 13.2 Å². The molecule has 0 spiro atoms. The topological polar surface area (TPSA) is 57.7 Å². The minimum Gasteiger partial charge on any atom is -0.341 e. The number of amides is 1. The summed E-state index contributed by atoms with van der Waals surface area (Å²) >= 11 is 6.21. The van der Waals surface area contributed by atoms with E-state index in [1.807, 2.05) is 43.1 Å². The van der Waals surface area contributed by atoms with Crippen LogP contribution in [0.3, 0.4) is 0 Å². The summed E-state index contributed by atoms with van der Waals surface area (Å²) in [6.45, 7) is 2.22. The lowest BCUT2D eigenvalue weighted by Gasteiger charge is -2.29. The van der Waals surface area contributed by atoms with E-state index in [-0.39, 0.29) is 36.0 Å². The second-order valence-electron chi connectivity index (χ2n) is 6.17. The predicted molar refractivity (Wildman–Crippen MR) is 92.3 cm³/mol. The lowest BCUT2D eigenvalue weighted by atomic mass is 10.1. The normalized spacial score (nSPS) is 21.3. The highest BCUT2D eigenvalue weighted by Crippen LogP contribution is 2.26. The molecule has 2 unspecified atom stereocenters. The number of hydrogen-bond donors (Lipinski definition) is 0. The van der Waals surface area contributed by atoms with Gasteiger partial charge in [0.2, 0.25) is 5.91 Å². The monoisotopic (exact) mass is 358 g/mol. The number of likely N-dealkylation sites (N-methyl/N-ethyl adjacent to an activating group) is 2. The highest BCUT2D eigenvalue weighted by molar-refractivity contribution is 7.91. The molecule has 1 aromatic rings. The molecule has 0 saturated carbocycles. The number of rotatable bonds is 5. The van der Waals surface area contributed by atoms with E-state index in [1.165, 1.54) is 0 Å². The molecule has 1 saturated heterocycles. The van der Waals surface area contributed by atoms with Crippen LogP contribution in [-0.4, -0.2) is 62.3 Å². The summed E-state index contributed by atoms with van der Waals surface area (Å²) in [4.78, 5) is 15.9. The third-order valence-electron chi connectivity index (χ3n) is 4.55. The zero-order valence-corrected chi connectivity index (χ0v) is 15.3. The fraction of sp³-hybridized carbons (Fsp3) is 0.562. The summed E-state index contributed by atoms with van der Waals surface area (Å²) in [5, 5.41) is 0.675. The molecule has 1 aromatic carbocycles. The lowest BCUT2D eigenvalue weighted by molar-refractivity contribution is -0.132. The van der Waals surface area contributed by atoms with Crippen LogP contribution in [0.2, 0.25) is 5.02 Å². The molecule has 2 rings (SSSR count). The highest BCUT2D eigenvalue weighted by atomic mass is 35.5. The maximum atomic E-state index is 12.4. The third kappa shape index (κ3) is 4.46. The number of sulfone groups is 1. The van der Waals surface area contributed by atoms with Crippen molar-refractivity contribution in [2.24, 2.45) is 0 Å². The average molecular weight is 359 g/mol. The van der Waals surface area contributed by atoms with Crippen LogP contribution < -0.4 is 0 Å². The van der Waals surface area contributed by atoms with Crippen molar-refractivity contribution in [1.82, 2.24) is 9.80 Å². The van der Waals surface area contributed by atoms with Crippen LogP contribution in [0.15, 0.2) is 24.3 Å². The van der Waals surface area contributed by atoms with Crippen molar-refractivity contribution in [1.29, 1.82) is 0 Å². The first-order valence-corrected chi connectivity index (χ1v) is 9.82. The summed E-state index contributed by atoms with van der Waals surface area (Å²) in [5.74, 6) is 0.161. The summed E-state index contributed by atoms with van der Waals surface area (Å²) in [6, 6.07) is 7.35. The molecule has 1 aliphatic heterocycles. The van der Waals surface area contributed by atoms with E-state index >= 15 is 0 Å². The van der Waals surface area contributed by atoms with Crippen molar-refractivity contribution in [3.63, 3.8) is 0 Å². The smallest absolute Gasteiger partial charge is 0.236 e. The lowest BCUT2D eigenvalue weighted by Crippen LogP contribution is -2.43. The number of halogens is 1. The van der Waals surface area contributed by atoms with E-state index in [0.717, 1.165) is 5.56 Å². The van der Waals surface area contributed by atoms with Crippen LogP contribution in [0.1, 0.15) is 24.9 Å². The van der Waals surface area contributed by atoms with Crippen LogP contribution in [0.25, 0.3) is 0 Å². The number of hydrogen-bond acceptors (Lipinski definition) is 4. The standard InChI is InChI=1S/C16H23ClN2O3S/c1-12(14-6-4-5-7-15(14)17)18(2)10-16(20)19(3)13-8-9-23(21,22)11-13/h4-7,12-13H,8-11H2,1-3H3. The molecular weight excluding hydrogens is 336 g/mol. The Bertz CT molecular complexity index is 678. The molecule has 1 amide bonds. The zero-order chi connectivity index (χ0) is 17.2. The molecule has 0 aromatic heterocycles. The molecule has 0 radical (unpaired) electrons. The Hall–Kier alpha value is -1.11. The molecule has 1 heterocycles. The zero-order valence-electron chi connectivity index (χ0n) is 13.7. The molecule has 128 valence electrons. The van der Waals surface area contributed by atoms with Crippen molar-refractivity contribution >= 4 is 27.3 Å². The quantitative estimate of drug-likeness (QED) is 0.807. The fourth-order valence-corrected chi connectivity index (χ4v) is 4.87. The molecule has 1 aliphatic rings. The molecule has 5 nitrogen and oxygen atoms in total. The Morgan fingerprint density at radius 2 is 2.00 bits per heavy atom. The van der Waals surface area contributed by atoms with Gasteiger partial charge in [-0.25, -0.2) is 8.42 Å². The molecule has 1 fully saturated rings. The summed E-state index contributed by atoms with van der Waals surface area (Å²) in [6.07, 6.45) is 0.522. The highest BCUT2D eigenvalue weighted by Gasteiger charge is 2.33. The molecule has 7 heteroatoms. The van der Waals surface area contributed by atoms with E-state index < -0.39 is 9.84 Å². The van der Waals surface area contributed by atoms with E-state index in [1.54, 1.807) is 11.9 Å². The Balaban J connectivity index is 1.98. The van der Waals surface area contributed by atoms with Gasteiger partial charge in [0.15, 0.2) is 9.84 Å². The van der Waals surface area contributed by atoms with Gasteiger partial charge in [0.05, 0.1) is 18.1 Å². The SMILES string of the molecule is CC(c1ccccc1Cl)N(C)CC(=O)N(C)C1CCS(=O)(=O)C1. The Labute approximate surface area is 143 Å². The fourth-order valence-electron chi connectivity index (χ4n) is 2.80. The van der Waals surface area contributed by atoms with Gasteiger partial charge in [-0.3, -0.25) is 9.69 Å². The van der Waals surface area contributed by atoms with Gasteiger partial charge in [-0.2, -0.15) is 0 Å². The van der Waals surface area contributed by atoms with E-state index in [9.17, 15) is 13.2 Å².